The van der Waals surface area contributed by atoms with Gasteiger partial charge in [0.1, 0.15) is 54.4 Å². The van der Waals surface area contributed by atoms with Crippen LogP contribution in [0.1, 0.15) is 87.2 Å². The molecule has 526 valence electrons. The SMILES string of the molecule is C[C@@H]1NC(=O)[C@@H]2CSSC(NC(=O)[C@H](Cc3c[nH]c4ccccc34)NC(=O)[C@H](CCCCN)NC(=O)[C@H](CCCCN)NC(=O)[C@H](CCCCN)NC1=O)C(=O)NC(=O)N[C@@H](Cc1cnc[nH]1)C(=O)NCC(=O)N[C@@H](Cc1cnc[nH]1)C(=O)N[C@@H](Cc1c[nH]c3ccccc13)C(=O)N2. The Balaban J connectivity index is 1.23. The number of nitrogens with two attached hydrogens (primary N) is 3. The summed E-state index contributed by atoms with van der Waals surface area (Å²) in [5.41, 5.74) is 20.8. The van der Waals surface area contributed by atoms with Crippen molar-refractivity contribution in [2.24, 2.45) is 17.2 Å². The van der Waals surface area contributed by atoms with Gasteiger partial charge in [-0.05, 0) is 108 Å². The van der Waals surface area contributed by atoms with Crippen molar-refractivity contribution < 1.29 is 57.5 Å². The Morgan fingerprint density at radius 3 is 1.37 bits per heavy atom. The number of hydrogen-bond acceptors (Lipinski definition) is 19. The third kappa shape index (κ3) is 21.6. The molecular formula is C63H85N21O12S2. The zero-order chi connectivity index (χ0) is 70.1. The molecule has 10 atom stereocenters. The number of imide groups is 1. The molecule has 0 saturated carbocycles. The van der Waals surface area contributed by atoms with Gasteiger partial charge >= 0.3 is 6.03 Å². The van der Waals surface area contributed by atoms with Crippen molar-refractivity contribution in [1.82, 2.24) is 93.7 Å². The van der Waals surface area contributed by atoms with Crippen LogP contribution in [0.2, 0.25) is 0 Å². The van der Waals surface area contributed by atoms with E-state index in [-0.39, 0.29) is 64.6 Å². The van der Waals surface area contributed by atoms with Crippen LogP contribution in [0.4, 0.5) is 4.79 Å². The number of aromatic nitrogens is 6. The van der Waals surface area contributed by atoms with Gasteiger partial charge in [-0.3, -0.25) is 58.1 Å². The first-order valence-corrected chi connectivity index (χ1v) is 34.7. The van der Waals surface area contributed by atoms with Gasteiger partial charge < -0.3 is 95.6 Å². The molecule has 0 radical (unpaired) electrons. The number of carbonyl (C=O) groups excluding carboxylic acids is 12. The number of benzene rings is 2. The van der Waals surface area contributed by atoms with Crippen LogP contribution in [0.15, 0.2) is 86.0 Å². The van der Waals surface area contributed by atoms with Gasteiger partial charge in [0.2, 0.25) is 59.1 Å². The average Bonchev–Trinajstić information content (AvgIpc) is 1.65. The molecule has 98 heavy (non-hydrogen) atoms. The highest BCUT2D eigenvalue weighted by Crippen LogP contribution is 2.28. The monoisotopic (exact) mass is 1390 g/mol. The fraction of sp³-hybridized carbons (Fsp3) is 0.460. The highest BCUT2D eigenvalue weighted by molar-refractivity contribution is 8.77. The fourth-order valence-electron chi connectivity index (χ4n) is 11.1. The van der Waals surface area contributed by atoms with Crippen LogP contribution in [-0.2, 0) is 78.4 Å². The molecule has 2 fully saturated rings. The molecule has 22 N–H and O–H groups in total. The van der Waals surface area contributed by atoms with E-state index in [0.29, 0.717) is 93.6 Å². The first-order chi connectivity index (χ1) is 47.3. The number of para-hydroxylation sites is 2. The first-order valence-electron chi connectivity index (χ1n) is 32.4. The van der Waals surface area contributed by atoms with Crippen molar-refractivity contribution in [2.45, 2.75) is 150 Å². The van der Waals surface area contributed by atoms with E-state index >= 15 is 9.59 Å². The summed E-state index contributed by atoms with van der Waals surface area (Å²) in [5.74, 6) is -10.7. The molecule has 2 aliphatic heterocycles. The summed E-state index contributed by atoms with van der Waals surface area (Å²) >= 11 is 0. The number of nitrogens with one attached hydrogen (secondary N) is 16. The Labute approximate surface area is 570 Å². The molecule has 33 nitrogen and oxygen atoms in total. The molecule has 6 aromatic rings. The third-order valence-electron chi connectivity index (χ3n) is 16.4. The number of carbonyl (C=O) groups is 12. The molecule has 8 rings (SSSR count). The molecule has 13 amide bonds. The number of fused-ring (bicyclic) bond motifs is 6. The lowest BCUT2D eigenvalue weighted by atomic mass is 10.0. The van der Waals surface area contributed by atoms with E-state index in [4.69, 9.17) is 17.2 Å². The van der Waals surface area contributed by atoms with E-state index in [0.717, 1.165) is 10.8 Å². The molecule has 4 aromatic heterocycles. The van der Waals surface area contributed by atoms with E-state index < -0.39 is 143 Å². The predicted octanol–water partition coefficient (Wildman–Crippen LogP) is -2.19. The summed E-state index contributed by atoms with van der Waals surface area (Å²) in [5, 5.41) is 31.0. The Morgan fingerprint density at radius 2 is 0.878 bits per heavy atom. The number of unbranched alkanes of at least 4 members (excludes halogenated alkanes) is 3. The normalized spacial score (nSPS) is 23.8. The number of hydrogen-bond donors (Lipinski definition) is 19. The van der Waals surface area contributed by atoms with E-state index in [1.165, 1.54) is 32.0 Å². The van der Waals surface area contributed by atoms with Crippen LogP contribution in [0.3, 0.4) is 0 Å². The minimum atomic E-state index is -1.84. The first kappa shape index (κ1) is 74.0. The second-order valence-electron chi connectivity index (χ2n) is 23.8. The van der Waals surface area contributed by atoms with Crippen LogP contribution < -0.4 is 81.0 Å². The maximum Gasteiger partial charge on any atom is 0.322 e. The molecule has 6 heterocycles. The van der Waals surface area contributed by atoms with Crippen LogP contribution in [-0.4, -0.2) is 193 Å². The number of aromatic amines is 4. The molecule has 2 aromatic carbocycles. The van der Waals surface area contributed by atoms with Gasteiger partial charge in [-0.2, -0.15) is 0 Å². The highest BCUT2D eigenvalue weighted by atomic mass is 33.1. The zero-order valence-corrected chi connectivity index (χ0v) is 55.6. The Morgan fingerprint density at radius 1 is 0.439 bits per heavy atom. The summed E-state index contributed by atoms with van der Waals surface area (Å²) in [7, 11) is 1.33. The second kappa shape index (κ2) is 37.0. The van der Waals surface area contributed by atoms with Gasteiger partial charge in [-0.1, -0.05) is 58.0 Å². The van der Waals surface area contributed by atoms with E-state index in [9.17, 15) is 47.9 Å². The topological polar surface area (TPSA) is 516 Å². The minimum Gasteiger partial charge on any atom is -0.361 e. The van der Waals surface area contributed by atoms with Gasteiger partial charge in [0, 0.05) is 89.4 Å². The predicted molar refractivity (Wildman–Crippen MR) is 364 cm³/mol. The van der Waals surface area contributed by atoms with E-state index in [1.807, 2.05) is 0 Å². The lowest BCUT2D eigenvalue weighted by Crippen LogP contribution is -2.61. The maximum absolute atomic E-state index is 15.3. The smallest absolute Gasteiger partial charge is 0.322 e. The van der Waals surface area contributed by atoms with Crippen LogP contribution >= 0.6 is 21.6 Å². The number of H-pyrrole nitrogens is 4. The van der Waals surface area contributed by atoms with E-state index in [1.54, 1.807) is 60.9 Å². The number of amides is 13. The summed E-state index contributed by atoms with van der Waals surface area (Å²) in [6.45, 7) is 1.26. The fourth-order valence-corrected chi connectivity index (χ4v) is 13.4. The summed E-state index contributed by atoms with van der Waals surface area (Å²) in [6.07, 6.45) is 10.1. The Hall–Kier alpha value is -9.84. The number of urea groups is 1. The molecule has 0 spiro atoms. The third-order valence-corrected chi connectivity index (χ3v) is 18.9. The average molecular weight is 1390 g/mol. The lowest BCUT2D eigenvalue weighted by Gasteiger charge is -2.28. The van der Waals surface area contributed by atoms with Gasteiger partial charge in [0.15, 0.2) is 5.37 Å². The van der Waals surface area contributed by atoms with Crippen LogP contribution in [0.25, 0.3) is 21.8 Å². The van der Waals surface area contributed by atoms with Crippen molar-refractivity contribution >= 4 is 114 Å². The number of nitrogens with zero attached hydrogens (tertiary/aromatic N) is 2. The van der Waals surface area contributed by atoms with Gasteiger partial charge in [0.25, 0.3) is 5.91 Å². The maximum atomic E-state index is 15.3. The molecule has 2 aliphatic rings. The molecule has 0 aliphatic carbocycles. The molecule has 35 heteroatoms. The van der Waals surface area contributed by atoms with Crippen LogP contribution in [0, 0.1) is 0 Å². The molecule has 2 bridgehead atoms. The Kier molecular flexibility index (Phi) is 28.0. The number of imidazole rings is 2. The largest absolute Gasteiger partial charge is 0.361 e. The lowest BCUT2D eigenvalue weighted by molar-refractivity contribution is -0.135. The van der Waals surface area contributed by atoms with Crippen molar-refractivity contribution in [3.8, 4) is 0 Å². The van der Waals surface area contributed by atoms with Crippen molar-refractivity contribution in [3.05, 3.63) is 108 Å². The minimum absolute atomic E-state index is 0.000613. The summed E-state index contributed by atoms with van der Waals surface area (Å²) in [4.78, 5) is 196. The summed E-state index contributed by atoms with van der Waals surface area (Å²) < 4.78 is 0. The highest BCUT2D eigenvalue weighted by Gasteiger charge is 2.38. The Bertz CT molecular complexity index is 3740. The van der Waals surface area contributed by atoms with Crippen molar-refractivity contribution in [3.63, 3.8) is 0 Å². The van der Waals surface area contributed by atoms with Gasteiger partial charge in [0.05, 0.1) is 19.2 Å². The van der Waals surface area contributed by atoms with Gasteiger partial charge in [-0.15, -0.1) is 0 Å². The molecule has 2 saturated heterocycles. The van der Waals surface area contributed by atoms with Crippen molar-refractivity contribution in [2.75, 3.05) is 31.9 Å². The molecular weight excluding hydrogens is 1310 g/mol. The second-order valence-corrected chi connectivity index (χ2v) is 26.3. The van der Waals surface area contributed by atoms with Crippen LogP contribution in [0.5, 0.6) is 0 Å². The van der Waals surface area contributed by atoms with Gasteiger partial charge in [-0.25, -0.2) is 14.8 Å². The standard InChI is InChI=1S/C63H85N21O12S2/c1-34-52(86)76-43(16-6-9-19-64)54(88)77-44(17-7-10-20-65)55(89)78-45(18-8-11-21-66)56(90)79-47(23-36-27-70-42-15-5-3-13-40(36)42)59(93)83-62-61(95)84-63(96)82-48(24-37-28-67-32-72-37)53(87)71-30-51(85)75-49(25-38-29-68-33-73-38)58(92)80-46(22-35-26-69-41-14-4-2-12-39(35)41)57(91)81-50(31-97-98-62)60(94)74-34/h2-5,12-15,26-29,32-34,43-50,62,69-70H,6-11,16-25,30-31,64-66H2,1H3,(H,67,72)(H,68,73)(H,71,87)(H,74,94)(H,75,85)(H,76,86)(H,77,88)(H,78,89)(H,79,90)(H,80,92)(H,81,91)(H,83,93)(H2,82,84,95,96)/t34-,43-,44-,45-,46-,47-,48-,49-,50-,62?/m0/s1. The zero-order valence-electron chi connectivity index (χ0n) is 53.9. The molecule has 1 unspecified atom stereocenters. The summed E-state index contributed by atoms with van der Waals surface area (Å²) in [6, 6.07) is -0.215. The van der Waals surface area contributed by atoms with Crippen molar-refractivity contribution in [1.29, 1.82) is 0 Å². The van der Waals surface area contributed by atoms with E-state index in [2.05, 4.69) is 93.7 Å². The quantitative estimate of drug-likeness (QED) is 0.0285. The number of rotatable bonds is 20.